The van der Waals surface area contributed by atoms with Crippen LogP contribution in [0.1, 0.15) is 33.1 Å². The molecule has 9 heavy (non-hydrogen) atoms. The van der Waals surface area contributed by atoms with Crippen molar-refractivity contribution >= 4 is 0 Å². The second kappa shape index (κ2) is 2.30. The Labute approximate surface area is 57.8 Å². The van der Waals surface area contributed by atoms with Crippen molar-refractivity contribution in [3.8, 4) is 0 Å². The zero-order valence-corrected chi connectivity index (χ0v) is 6.70. The average molecular weight is 127 g/mol. The molecule has 1 saturated carbocycles. The van der Waals surface area contributed by atoms with Crippen LogP contribution in [-0.4, -0.2) is 12.6 Å². The Kier molecular flexibility index (Phi) is 1.80. The fourth-order valence-electron chi connectivity index (χ4n) is 1.77. The van der Waals surface area contributed by atoms with E-state index in [2.05, 4.69) is 26.2 Å². The second-order valence-electron chi connectivity index (χ2n) is 3.66. The molecule has 1 rings (SSSR count). The van der Waals surface area contributed by atoms with Gasteiger partial charge in [0.1, 0.15) is 0 Å². The summed E-state index contributed by atoms with van der Waals surface area (Å²) in [7, 11) is 2.07. The molecule has 0 aromatic carbocycles. The number of nitrogens with one attached hydrogen (secondary N) is 1. The summed E-state index contributed by atoms with van der Waals surface area (Å²) in [4.78, 5) is 0. The first-order valence-electron chi connectivity index (χ1n) is 3.85. The Bertz CT molecular complexity index is 101. The van der Waals surface area contributed by atoms with Crippen molar-refractivity contribution < 1.29 is 0 Å². The van der Waals surface area contributed by atoms with E-state index in [1.54, 1.807) is 0 Å². The van der Waals surface area contributed by atoms with Crippen LogP contribution < -0.4 is 5.32 Å². The molecule has 2 unspecified atom stereocenters. The van der Waals surface area contributed by atoms with Crippen LogP contribution in [0.4, 0.5) is 0 Å². The van der Waals surface area contributed by atoms with Crippen molar-refractivity contribution in [3.63, 3.8) is 0 Å². The predicted molar refractivity (Wildman–Crippen MR) is 40.5 cm³/mol. The molecular weight excluding hydrogens is 110 g/mol. The van der Waals surface area contributed by atoms with E-state index in [-0.39, 0.29) is 0 Å². The lowest BCUT2D eigenvalue weighted by Gasteiger charge is -2.22. The van der Waals surface area contributed by atoms with Gasteiger partial charge < -0.3 is 5.32 Å². The van der Waals surface area contributed by atoms with Gasteiger partial charge in [-0.3, -0.25) is 0 Å². The summed E-state index contributed by atoms with van der Waals surface area (Å²) in [6, 6.07) is 0. The first-order chi connectivity index (χ1) is 4.16. The van der Waals surface area contributed by atoms with Crippen LogP contribution in [0.3, 0.4) is 0 Å². The van der Waals surface area contributed by atoms with Crippen molar-refractivity contribution in [2.75, 3.05) is 7.05 Å². The molecule has 1 N–H and O–H groups in total. The Morgan fingerprint density at radius 3 is 2.44 bits per heavy atom. The Morgan fingerprint density at radius 2 is 2.22 bits per heavy atom. The molecule has 1 fully saturated rings. The Morgan fingerprint density at radius 1 is 1.56 bits per heavy atom. The van der Waals surface area contributed by atoms with Gasteiger partial charge in [0.2, 0.25) is 0 Å². The first-order valence-corrected chi connectivity index (χ1v) is 3.85. The summed E-state index contributed by atoms with van der Waals surface area (Å²) in [5.74, 6) is 0.933. The quantitative estimate of drug-likeness (QED) is 0.566. The summed E-state index contributed by atoms with van der Waals surface area (Å²) in [5, 5.41) is 3.37. The van der Waals surface area contributed by atoms with Crippen molar-refractivity contribution in [3.05, 3.63) is 0 Å². The minimum absolute atomic E-state index is 0.458. The van der Waals surface area contributed by atoms with E-state index in [0.29, 0.717) is 5.54 Å². The van der Waals surface area contributed by atoms with E-state index < -0.39 is 0 Å². The van der Waals surface area contributed by atoms with Crippen LogP contribution in [0.25, 0.3) is 0 Å². The summed E-state index contributed by atoms with van der Waals surface area (Å²) in [6.07, 6.45) is 4.10. The maximum absolute atomic E-state index is 3.37. The van der Waals surface area contributed by atoms with Gasteiger partial charge >= 0.3 is 0 Å². The fourth-order valence-corrected chi connectivity index (χ4v) is 1.77. The molecule has 1 aliphatic rings. The number of rotatable bonds is 1. The van der Waals surface area contributed by atoms with E-state index in [1.165, 1.54) is 19.3 Å². The highest BCUT2D eigenvalue weighted by atomic mass is 14.9. The molecule has 2 atom stereocenters. The molecule has 0 aromatic heterocycles. The molecule has 0 bridgehead atoms. The molecule has 0 spiro atoms. The molecular formula is C8H17N. The molecule has 1 heteroatoms. The average Bonchev–Trinajstić information content (AvgIpc) is 2.13. The van der Waals surface area contributed by atoms with Gasteiger partial charge in [-0.25, -0.2) is 0 Å². The van der Waals surface area contributed by atoms with Crippen molar-refractivity contribution in [1.29, 1.82) is 0 Å². The Hall–Kier alpha value is -0.0400. The van der Waals surface area contributed by atoms with Gasteiger partial charge in [-0.15, -0.1) is 0 Å². The summed E-state index contributed by atoms with van der Waals surface area (Å²) in [5.41, 5.74) is 0.458. The van der Waals surface area contributed by atoms with E-state index in [0.717, 1.165) is 5.92 Å². The van der Waals surface area contributed by atoms with Gasteiger partial charge in [0.05, 0.1) is 0 Å². The molecule has 54 valence electrons. The monoisotopic (exact) mass is 127 g/mol. The van der Waals surface area contributed by atoms with Crippen LogP contribution in [0.15, 0.2) is 0 Å². The van der Waals surface area contributed by atoms with E-state index >= 15 is 0 Å². The predicted octanol–water partition coefficient (Wildman–Crippen LogP) is 1.78. The SMILES string of the molecule is CNC1(C)CCC(C)C1. The fraction of sp³-hybridized carbons (Fsp3) is 1.00. The topological polar surface area (TPSA) is 12.0 Å². The number of hydrogen-bond acceptors (Lipinski definition) is 1. The zero-order valence-electron chi connectivity index (χ0n) is 6.70. The largest absolute Gasteiger partial charge is 0.315 e. The Balaban J connectivity index is 2.45. The van der Waals surface area contributed by atoms with Crippen molar-refractivity contribution in [2.24, 2.45) is 5.92 Å². The maximum Gasteiger partial charge on any atom is 0.0153 e. The van der Waals surface area contributed by atoms with Crippen LogP contribution in [0.2, 0.25) is 0 Å². The van der Waals surface area contributed by atoms with Gasteiger partial charge in [-0.1, -0.05) is 6.92 Å². The smallest absolute Gasteiger partial charge is 0.0153 e. The number of hydrogen-bond donors (Lipinski definition) is 1. The second-order valence-corrected chi connectivity index (χ2v) is 3.66. The van der Waals surface area contributed by atoms with Gasteiger partial charge in [0, 0.05) is 5.54 Å². The van der Waals surface area contributed by atoms with Gasteiger partial charge in [0.15, 0.2) is 0 Å². The van der Waals surface area contributed by atoms with Crippen LogP contribution >= 0.6 is 0 Å². The third-order valence-electron chi connectivity index (χ3n) is 2.59. The third kappa shape index (κ3) is 1.45. The van der Waals surface area contributed by atoms with Gasteiger partial charge in [-0.05, 0) is 39.2 Å². The van der Waals surface area contributed by atoms with Crippen molar-refractivity contribution in [2.45, 2.75) is 38.6 Å². The summed E-state index contributed by atoms with van der Waals surface area (Å²) < 4.78 is 0. The summed E-state index contributed by atoms with van der Waals surface area (Å²) in [6.45, 7) is 4.65. The molecule has 0 radical (unpaired) electrons. The van der Waals surface area contributed by atoms with E-state index in [4.69, 9.17) is 0 Å². The molecule has 1 nitrogen and oxygen atoms in total. The van der Waals surface area contributed by atoms with Gasteiger partial charge in [-0.2, -0.15) is 0 Å². The molecule has 0 aromatic rings. The van der Waals surface area contributed by atoms with E-state index in [9.17, 15) is 0 Å². The zero-order chi connectivity index (χ0) is 6.91. The van der Waals surface area contributed by atoms with Crippen molar-refractivity contribution in [1.82, 2.24) is 5.32 Å². The van der Waals surface area contributed by atoms with E-state index in [1.807, 2.05) is 0 Å². The normalized spacial score (nSPS) is 43.7. The highest BCUT2D eigenvalue weighted by molar-refractivity contribution is 4.89. The molecule has 0 amide bonds. The highest BCUT2D eigenvalue weighted by Gasteiger charge is 2.30. The standard InChI is InChI=1S/C8H17N/c1-7-4-5-8(2,6-7)9-3/h7,9H,4-6H2,1-3H3. The van der Waals surface area contributed by atoms with Crippen LogP contribution in [0, 0.1) is 5.92 Å². The minimum atomic E-state index is 0.458. The minimum Gasteiger partial charge on any atom is -0.315 e. The lowest BCUT2D eigenvalue weighted by molar-refractivity contribution is 0.384. The first kappa shape index (κ1) is 7.07. The summed E-state index contributed by atoms with van der Waals surface area (Å²) >= 11 is 0. The lowest BCUT2D eigenvalue weighted by atomic mass is 10.00. The lowest BCUT2D eigenvalue weighted by Crippen LogP contribution is -2.36. The third-order valence-corrected chi connectivity index (χ3v) is 2.59. The molecule has 0 heterocycles. The maximum atomic E-state index is 3.37. The molecule has 1 aliphatic carbocycles. The van der Waals surface area contributed by atoms with Crippen LogP contribution in [0.5, 0.6) is 0 Å². The molecule has 0 aliphatic heterocycles. The highest BCUT2D eigenvalue weighted by Crippen LogP contribution is 2.32. The van der Waals surface area contributed by atoms with Crippen LogP contribution in [-0.2, 0) is 0 Å². The molecule has 0 saturated heterocycles. The van der Waals surface area contributed by atoms with Gasteiger partial charge in [0.25, 0.3) is 0 Å².